The molecule has 4 heterocycles. The number of anilines is 1. The van der Waals surface area contributed by atoms with Gasteiger partial charge in [-0.3, -0.25) is 14.6 Å². The van der Waals surface area contributed by atoms with E-state index in [1.807, 2.05) is 39.1 Å². The molecule has 0 aliphatic carbocycles. The Morgan fingerprint density at radius 2 is 1.94 bits per heavy atom. The van der Waals surface area contributed by atoms with Gasteiger partial charge in [-0.15, -0.1) is 11.3 Å². The van der Waals surface area contributed by atoms with Crippen LogP contribution in [-0.4, -0.2) is 56.3 Å². The number of fused-ring (bicyclic) bond motifs is 1. The first-order chi connectivity index (χ1) is 15.1. The molecule has 3 aromatic rings. The maximum Gasteiger partial charge on any atom is 0.275 e. The van der Waals surface area contributed by atoms with Crippen LogP contribution in [0.15, 0.2) is 29.9 Å². The van der Waals surface area contributed by atoms with E-state index in [4.69, 9.17) is 0 Å². The quantitative estimate of drug-likeness (QED) is 0.644. The molecule has 8 nitrogen and oxygen atoms in total. The van der Waals surface area contributed by atoms with E-state index in [1.54, 1.807) is 16.0 Å². The molecule has 1 fully saturated rings. The number of halogens is 1. The highest BCUT2D eigenvalue weighted by molar-refractivity contribution is 7.17. The molecule has 2 amide bonds. The van der Waals surface area contributed by atoms with Crippen LogP contribution in [0.25, 0.3) is 10.2 Å². The lowest BCUT2D eigenvalue weighted by molar-refractivity contribution is -0.138. The largest absolute Gasteiger partial charge is 0.348 e. The van der Waals surface area contributed by atoms with Crippen LogP contribution >= 0.6 is 11.3 Å². The minimum absolute atomic E-state index is 0.0108. The number of nitrogens with one attached hydrogen (secondary N) is 1. The Morgan fingerprint density at radius 3 is 2.66 bits per heavy atom. The minimum Gasteiger partial charge on any atom is -0.348 e. The number of aromatic nitrogens is 3. The van der Waals surface area contributed by atoms with E-state index in [1.165, 1.54) is 17.4 Å². The average molecular weight is 457 g/mol. The predicted octanol–water partition coefficient (Wildman–Crippen LogP) is 3.69. The third-order valence-electron chi connectivity index (χ3n) is 5.28. The van der Waals surface area contributed by atoms with Crippen LogP contribution in [0, 0.1) is 11.2 Å². The summed E-state index contributed by atoms with van der Waals surface area (Å²) >= 11 is 1.40. The van der Waals surface area contributed by atoms with Crippen molar-refractivity contribution in [3.05, 3.63) is 47.0 Å². The number of carbonyl (C=O) groups excluding carboxylic acids is 2. The van der Waals surface area contributed by atoms with Crippen molar-refractivity contribution in [3.63, 3.8) is 0 Å². The van der Waals surface area contributed by atoms with E-state index < -0.39 is 11.2 Å². The van der Waals surface area contributed by atoms with Gasteiger partial charge in [-0.05, 0) is 30.0 Å². The van der Waals surface area contributed by atoms with Crippen LogP contribution < -0.4 is 5.32 Å². The summed E-state index contributed by atoms with van der Waals surface area (Å²) in [7, 11) is 0. The lowest BCUT2D eigenvalue weighted by atomic mass is 9.95. The number of pyridine rings is 1. The van der Waals surface area contributed by atoms with Gasteiger partial charge in [0, 0.05) is 24.7 Å². The van der Waals surface area contributed by atoms with Crippen molar-refractivity contribution in [3.8, 4) is 0 Å². The van der Waals surface area contributed by atoms with Gasteiger partial charge in [0.05, 0.1) is 29.1 Å². The molecule has 1 aliphatic rings. The molecular formula is C22H25FN6O2S. The zero-order valence-electron chi connectivity index (χ0n) is 18.4. The molecule has 1 saturated heterocycles. The molecule has 1 aliphatic heterocycles. The van der Waals surface area contributed by atoms with Gasteiger partial charge < -0.3 is 15.1 Å². The summed E-state index contributed by atoms with van der Waals surface area (Å²) in [6.07, 6.45) is 2.71. The first kappa shape index (κ1) is 22.1. The van der Waals surface area contributed by atoms with Crippen LogP contribution in [-0.2, 0) is 4.79 Å². The van der Waals surface area contributed by atoms with Crippen LogP contribution in [0.4, 0.5) is 10.3 Å². The van der Waals surface area contributed by atoms with Gasteiger partial charge in [0.2, 0.25) is 11.9 Å². The zero-order valence-corrected chi connectivity index (χ0v) is 19.2. The van der Waals surface area contributed by atoms with Crippen molar-refractivity contribution in [1.29, 1.82) is 0 Å². The second kappa shape index (κ2) is 8.42. The van der Waals surface area contributed by atoms with Crippen molar-refractivity contribution in [2.45, 2.75) is 33.7 Å². The highest BCUT2D eigenvalue weighted by atomic mass is 32.1. The molecule has 0 aromatic carbocycles. The molecule has 3 aromatic heterocycles. The standard InChI is InChI=1S/C22H25FN6O2S/c1-13(14-9-15(23)11-24-10-14)25-21-26-16-5-8-32-18(16)17(27-21)19(30)28-6-7-29(12-28)20(31)22(2,3)4/h5,8-11,13H,6-7,12H2,1-4H3,(H,25,26,27). The Morgan fingerprint density at radius 1 is 1.19 bits per heavy atom. The van der Waals surface area contributed by atoms with Crippen molar-refractivity contribution < 1.29 is 14.0 Å². The fraction of sp³-hybridized carbons (Fsp3) is 0.409. The van der Waals surface area contributed by atoms with E-state index in [2.05, 4.69) is 20.3 Å². The van der Waals surface area contributed by atoms with E-state index in [9.17, 15) is 14.0 Å². The van der Waals surface area contributed by atoms with Crippen molar-refractivity contribution in [2.75, 3.05) is 25.1 Å². The number of thiophene rings is 1. The monoisotopic (exact) mass is 456 g/mol. The SMILES string of the molecule is CC(Nc1nc(C(=O)N2CCN(C(=O)C(C)(C)C)C2)c2sccc2n1)c1cncc(F)c1. The Kier molecular flexibility index (Phi) is 5.81. The molecule has 168 valence electrons. The summed E-state index contributed by atoms with van der Waals surface area (Å²) < 4.78 is 14.2. The van der Waals surface area contributed by atoms with E-state index in [0.29, 0.717) is 34.6 Å². The van der Waals surface area contributed by atoms with Gasteiger partial charge in [0.15, 0.2) is 5.69 Å². The molecule has 1 N–H and O–H groups in total. The molecule has 0 saturated carbocycles. The number of nitrogens with zero attached hydrogens (tertiary/aromatic N) is 5. The first-order valence-corrected chi connectivity index (χ1v) is 11.2. The highest BCUT2D eigenvalue weighted by Gasteiger charge is 2.34. The summed E-state index contributed by atoms with van der Waals surface area (Å²) in [5.74, 6) is -0.383. The molecule has 4 rings (SSSR count). The van der Waals surface area contributed by atoms with E-state index in [0.717, 1.165) is 6.20 Å². The molecule has 0 spiro atoms. The summed E-state index contributed by atoms with van der Waals surface area (Å²) in [4.78, 5) is 42.2. The number of rotatable bonds is 4. The lowest BCUT2D eigenvalue weighted by Gasteiger charge is -2.25. The summed E-state index contributed by atoms with van der Waals surface area (Å²) in [5, 5.41) is 5.00. The molecule has 0 bridgehead atoms. The molecule has 0 radical (unpaired) electrons. The Bertz CT molecular complexity index is 1170. The number of amides is 2. The maximum atomic E-state index is 13.5. The number of hydrogen-bond acceptors (Lipinski definition) is 7. The molecular weight excluding hydrogens is 431 g/mol. The molecule has 10 heteroatoms. The molecule has 1 unspecified atom stereocenters. The van der Waals surface area contributed by atoms with Gasteiger partial charge in [0.25, 0.3) is 5.91 Å². The third-order valence-corrected chi connectivity index (χ3v) is 6.19. The van der Waals surface area contributed by atoms with Crippen LogP contribution in [0.2, 0.25) is 0 Å². The van der Waals surface area contributed by atoms with E-state index in [-0.39, 0.29) is 30.5 Å². The normalized spacial score (nSPS) is 15.3. The Labute approximate surface area is 189 Å². The minimum atomic E-state index is -0.506. The van der Waals surface area contributed by atoms with Crippen LogP contribution in [0.3, 0.4) is 0 Å². The second-order valence-corrected chi connectivity index (χ2v) is 9.78. The fourth-order valence-corrected chi connectivity index (χ4v) is 4.37. The summed E-state index contributed by atoms with van der Waals surface area (Å²) in [5.41, 5.74) is 1.08. The van der Waals surface area contributed by atoms with Gasteiger partial charge in [-0.2, -0.15) is 0 Å². The van der Waals surface area contributed by atoms with Gasteiger partial charge in [0.1, 0.15) is 5.82 Å². The third kappa shape index (κ3) is 4.40. The second-order valence-electron chi connectivity index (χ2n) is 8.86. The molecule has 1 atom stereocenters. The lowest BCUT2D eigenvalue weighted by Crippen LogP contribution is -2.40. The van der Waals surface area contributed by atoms with Gasteiger partial charge in [-0.1, -0.05) is 20.8 Å². The predicted molar refractivity (Wildman–Crippen MR) is 121 cm³/mol. The number of hydrogen-bond donors (Lipinski definition) is 1. The first-order valence-electron chi connectivity index (χ1n) is 10.3. The van der Waals surface area contributed by atoms with Crippen LogP contribution in [0.5, 0.6) is 0 Å². The van der Waals surface area contributed by atoms with Gasteiger partial charge in [-0.25, -0.2) is 14.4 Å². The topological polar surface area (TPSA) is 91.3 Å². The maximum absolute atomic E-state index is 13.5. The summed E-state index contributed by atoms with van der Waals surface area (Å²) in [6, 6.07) is 2.91. The van der Waals surface area contributed by atoms with Crippen molar-refractivity contribution >= 4 is 39.3 Å². The molecule has 32 heavy (non-hydrogen) atoms. The average Bonchev–Trinajstić information content (AvgIpc) is 3.41. The highest BCUT2D eigenvalue weighted by Crippen LogP contribution is 2.27. The van der Waals surface area contributed by atoms with Crippen molar-refractivity contribution in [1.82, 2.24) is 24.8 Å². The van der Waals surface area contributed by atoms with E-state index >= 15 is 0 Å². The smallest absolute Gasteiger partial charge is 0.275 e. The zero-order chi connectivity index (χ0) is 23.0. The van der Waals surface area contributed by atoms with Crippen LogP contribution in [0.1, 0.15) is 49.8 Å². The number of carbonyl (C=O) groups is 2. The fourth-order valence-electron chi connectivity index (χ4n) is 3.56. The van der Waals surface area contributed by atoms with Crippen molar-refractivity contribution in [2.24, 2.45) is 5.41 Å². The Balaban J connectivity index is 1.58. The van der Waals surface area contributed by atoms with Gasteiger partial charge >= 0.3 is 0 Å². The summed E-state index contributed by atoms with van der Waals surface area (Å²) in [6.45, 7) is 8.63. The Hall–Kier alpha value is -3.14.